The van der Waals surface area contributed by atoms with Crippen molar-refractivity contribution in [2.75, 3.05) is 25.0 Å². The lowest BCUT2D eigenvalue weighted by Crippen LogP contribution is -2.35. The van der Waals surface area contributed by atoms with Gasteiger partial charge in [-0.25, -0.2) is 4.79 Å². The fourth-order valence-corrected chi connectivity index (χ4v) is 1.88. The van der Waals surface area contributed by atoms with E-state index < -0.39 is 5.97 Å². The number of nitrogens with one attached hydrogen (secondary N) is 1. The molecule has 1 amide bonds. The normalized spacial score (nSPS) is 10.1. The molecule has 5 nitrogen and oxygen atoms in total. The van der Waals surface area contributed by atoms with E-state index in [1.54, 1.807) is 17.0 Å². The molecule has 0 unspecified atom stereocenters. The monoisotopic (exact) mass is 284 g/mol. The van der Waals surface area contributed by atoms with Crippen LogP contribution in [0.25, 0.3) is 0 Å². The summed E-state index contributed by atoms with van der Waals surface area (Å²) in [6.07, 6.45) is 0. The Morgan fingerprint density at radius 1 is 1.32 bits per heavy atom. The Morgan fingerprint density at radius 3 is 2.47 bits per heavy atom. The van der Waals surface area contributed by atoms with Crippen LogP contribution in [0.4, 0.5) is 5.69 Å². The van der Waals surface area contributed by atoms with Gasteiger partial charge in [-0.1, -0.05) is 11.6 Å². The van der Waals surface area contributed by atoms with Gasteiger partial charge in [-0.3, -0.25) is 4.79 Å². The Balaban J connectivity index is 2.78. The number of nitrogens with zero attached hydrogens (tertiary/aromatic N) is 1. The second kappa shape index (κ2) is 6.99. The van der Waals surface area contributed by atoms with Crippen LogP contribution < -0.4 is 5.32 Å². The molecule has 0 aliphatic carbocycles. The Kier molecular flexibility index (Phi) is 5.63. The highest BCUT2D eigenvalue weighted by molar-refractivity contribution is 6.31. The molecule has 0 aliphatic rings. The van der Waals surface area contributed by atoms with E-state index in [9.17, 15) is 9.59 Å². The molecule has 1 aromatic rings. The van der Waals surface area contributed by atoms with Gasteiger partial charge < -0.3 is 15.3 Å². The highest BCUT2D eigenvalue weighted by Gasteiger charge is 2.13. The third-order valence-electron chi connectivity index (χ3n) is 2.76. The van der Waals surface area contributed by atoms with E-state index in [0.717, 1.165) is 0 Å². The maximum atomic E-state index is 11.8. The van der Waals surface area contributed by atoms with E-state index in [1.807, 2.05) is 13.8 Å². The van der Waals surface area contributed by atoms with Crippen molar-refractivity contribution in [2.45, 2.75) is 13.8 Å². The molecule has 0 spiro atoms. The molecular formula is C13H17ClN2O3. The summed E-state index contributed by atoms with van der Waals surface area (Å²) in [5, 5.41) is 12.2. The first-order valence-corrected chi connectivity index (χ1v) is 6.41. The molecule has 19 heavy (non-hydrogen) atoms. The maximum Gasteiger partial charge on any atom is 0.337 e. The van der Waals surface area contributed by atoms with Crippen LogP contribution in [0.2, 0.25) is 5.02 Å². The van der Waals surface area contributed by atoms with Gasteiger partial charge in [-0.05, 0) is 32.0 Å². The van der Waals surface area contributed by atoms with Crippen molar-refractivity contribution in [3.8, 4) is 0 Å². The number of halogens is 1. The zero-order valence-electron chi connectivity index (χ0n) is 10.9. The summed E-state index contributed by atoms with van der Waals surface area (Å²) < 4.78 is 0. The van der Waals surface area contributed by atoms with Gasteiger partial charge in [0.1, 0.15) is 0 Å². The Hall–Kier alpha value is -1.75. The molecule has 0 heterocycles. The minimum Gasteiger partial charge on any atom is -0.478 e. The van der Waals surface area contributed by atoms with Crippen LogP contribution in [-0.4, -0.2) is 41.5 Å². The van der Waals surface area contributed by atoms with Gasteiger partial charge >= 0.3 is 5.97 Å². The zero-order valence-corrected chi connectivity index (χ0v) is 11.7. The summed E-state index contributed by atoms with van der Waals surface area (Å²) in [6.45, 7) is 5.11. The molecule has 6 heteroatoms. The molecule has 0 aliphatic heterocycles. The van der Waals surface area contributed by atoms with Gasteiger partial charge in [-0.15, -0.1) is 0 Å². The summed E-state index contributed by atoms with van der Waals surface area (Å²) >= 11 is 5.75. The highest BCUT2D eigenvalue weighted by atomic mass is 35.5. The summed E-state index contributed by atoms with van der Waals surface area (Å²) in [5.41, 5.74) is 0.442. The van der Waals surface area contributed by atoms with Crippen molar-refractivity contribution < 1.29 is 14.7 Å². The number of hydrogen-bond acceptors (Lipinski definition) is 3. The van der Waals surface area contributed by atoms with Crippen molar-refractivity contribution in [3.05, 3.63) is 28.8 Å². The number of carbonyl (C=O) groups is 2. The molecular weight excluding hydrogens is 268 g/mol. The van der Waals surface area contributed by atoms with Gasteiger partial charge in [-0.2, -0.15) is 0 Å². The van der Waals surface area contributed by atoms with E-state index >= 15 is 0 Å². The third-order valence-corrected chi connectivity index (χ3v) is 2.99. The number of benzene rings is 1. The average Bonchev–Trinajstić information content (AvgIpc) is 2.38. The topological polar surface area (TPSA) is 69.6 Å². The average molecular weight is 285 g/mol. The van der Waals surface area contributed by atoms with Crippen LogP contribution in [0.3, 0.4) is 0 Å². The number of amides is 1. The van der Waals surface area contributed by atoms with E-state index in [2.05, 4.69) is 5.32 Å². The number of carbonyl (C=O) groups excluding carboxylic acids is 1. The second-order valence-corrected chi connectivity index (χ2v) is 4.35. The van der Waals surface area contributed by atoms with Gasteiger partial charge in [0.05, 0.1) is 12.1 Å². The molecule has 0 aromatic heterocycles. The minimum atomic E-state index is -1.08. The van der Waals surface area contributed by atoms with Gasteiger partial charge in [0.15, 0.2) is 0 Å². The standard InChI is InChI=1S/C13H17ClN2O3/c1-3-16(4-2)12(17)8-15-11-6-5-9(14)7-10(11)13(18)19/h5-7,15H,3-4,8H2,1-2H3,(H,18,19). The predicted octanol–water partition coefficient (Wildman–Crippen LogP) is 2.32. The van der Waals surface area contributed by atoms with E-state index in [-0.39, 0.29) is 18.0 Å². The van der Waals surface area contributed by atoms with E-state index in [0.29, 0.717) is 23.8 Å². The van der Waals surface area contributed by atoms with E-state index in [4.69, 9.17) is 16.7 Å². The molecule has 1 aromatic carbocycles. The Morgan fingerprint density at radius 2 is 1.95 bits per heavy atom. The summed E-state index contributed by atoms with van der Waals surface area (Å²) in [7, 11) is 0. The number of aromatic carboxylic acids is 1. The van der Waals surface area contributed by atoms with Crippen molar-refractivity contribution in [1.29, 1.82) is 0 Å². The number of carboxylic acid groups (broad SMARTS) is 1. The van der Waals surface area contributed by atoms with Crippen LogP contribution >= 0.6 is 11.6 Å². The van der Waals surface area contributed by atoms with Gasteiger partial charge in [0, 0.05) is 23.8 Å². The smallest absolute Gasteiger partial charge is 0.337 e. The number of carboxylic acids is 1. The Labute approximate surface area is 117 Å². The second-order valence-electron chi connectivity index (χ2n) is 3.91. The van der Waals surface area contributed by atoms with Crippen LogP contribution in [0, 0.1) is 0 Å². The van der Waals surface area contributed by atoms with Crippen LogP contribution in [0.15, 0.2) is 18.2 Å². The largest absolute Gasteiger partial charge is 0.478 e. The number of likely N-dealkylation sites (N-methyl/N-ethyl adjacent to an activating group) is 1. The Bertz CT molecular complexity index is 473. The molecule has 104 valence electrons. The lowest BCUT2D eigenvalue weighted by atomic mass is 10.2. The van der Waals surface area contributed by atoms with Crippen molar-refractivity contribution >= 4 is 29.2 Å². The van der Waals surface area contributed by atoms with Crippen molar-refractivity contribution in [3.63, 3.8) is 0 Å². The highest BCUT2D eigenvalue weighted by Crippen LogP contribution is 2.20. The van der Waals surface area contributed by atoms with Gasteiger partial charge in [0.25, 0.3) is 0 Å². The lowest BCUT2D eigenvalue weighted by Gasteiger charge is -2.19. The minimum absolute atomic E-state index is 0.0554. The zero-order chi connectivity index (χ0) is 14.4. The molecule has 0 saturated heterocycles. The third kappa shape index (κ3) is 4.13. The molecule has 1 rings (SSSR count). The summed E-state index contributed by atoms with van der Waals surface area (Å²) in [6, 6.07) is 4.49. The number of hydrogen-bond donors (Lipinski definition) is 2. The fourth-order valence-electron chi connectivity index (χ4n) is 1.71. The summed E-state index contributed by atoms with van der Waals surface area (Å²) in [5.74, 6) is -1.16. The van der Waals surface area contributed by atoms with Crippen LogP contribution in [0.1, 0.15) is 24.2 Å². The van der Waals surface area contributed by atoms with Crippen LogP contribution in [-0.2, 0) is 4.79 Å². The molecule has 2 N–H and O–H groups in total. The van der Waals surface area contributed by atoms with Crippen molar-refractivity contribution in [2.24, 2.45) is 0 Å². The van der Waals surface area contributed by atoms with E-state index in [1.165, 1.54) is 6.07 Å². The van der Waals surface area contributed by atoms with Crippen LogP contribution in [0.5, 0.6) is 0 Å². The SMILES string of the molecule is CCN(CC)C(=O)CNc1ccc(Cl)cc1C(=O)O. The maximum absolute atomic E-state index is 11.8. The first-order valence-electron chi connectivity index (χ1n) is 6.04. The number of rotatable bonds is 6. The predicted molar refractivity (Wildman–Crippen MR) is 74.8 cm³/mol. The molecule has 0 bridgehead atoms. The lowest BCUT2D eigenvalue weighted by molar-refractivity contribution is -0.128. The summed E-state index contributed by atoms with van der Waals surface area (Å²) in [4.78, 5) is 24.6. The number of anilines is 1. The first-order chi connectivity index (χ1) is 8.99. The quantitative estimate of drug-likeness (QED) is 0.841. The first kappa shape index (κ1) is 15.3. The molecule has 0 atom stereocenters. The van der Waals surface area contributed by atoms with Gasteiger partial charge in [0.2, 0.25) is 5.91 Å². The fraction of sp³-hybridized carbons (Fsp3) is 0.385. The molecule has 0 saturated carbocycles. The molecule has 0 fully saturated rings. The molecule has 0 radical (unpaired) electrons. The van der Waals surface area contributed by atoms with Crippen molar-refractivity contribution in [1.82, 2.24) is 4.90 Å².